The van der Waals surface area contributed by atoms with Crippen LogP contribution in [0.5, 0.6) is 6.01 Å². The highest BCUT2D eigenvalue weighted by Gasteiger charge is 2.06. The van der Waals surface area contributed by atoms with Crippen LogP contribution in [-0.2, 0) is 6.54 Å². The fraction of sp³-hybridized carbons (Fsp3) is 0.400. The van der Waals surface area contributed by atoms with E-state index in [4.69, 9.17) is 4.74 Å². The standard InChI is InChI=1S/C10H14N6OS/c1-3-17-10-15-8(11-2)14-9(16-10)13-6-7-12-4-5-18-7/h4-5H,3,6H2,1-2H3,(H2,11,13,14,15,16). The third kappa shape index (κ3) is 3.27. The molecule has 0 amide bonds. The Morgan fingerprint density at radius 1 is 1.28 bits per heavy atom. The van der Waals surface area contributed by atoms with Crippen LogP contribution in [0.15, 0.2) is 11.6 Å². The molecule has 0 fully saturated rings. The summed E-state index contributed by atoms with van der Waals surface area (Å²) < 4.78 is 5.27. The van der Waals surface area contributed by atoms with E-state index in [9.17, 15) is 0 Å². The van der Waals surface area contributed by atoms with E-state index in [-0.39, 0.29) is 0 Å². The Morgan fingerprint density at radius 3 is 2.78 bits per heavy atom. The van der Waals surface area contributed by atoms with Gasteiger partial charge in [0.05, 0.1) is 13.2 Å². The smallest absolute Gasteiger partial charge is 0.323 e. The Morgan fingerprint density at radius 2 is 2.11 bits per heavy atom. The molecule has 0 saturated heterocycles. The van der Waals surface area contributed by atoms with Gasteiger partial charge in [-0.15, -0.1) is 11.3 Å². The van der Waals surface area contributed by atoms with Gasteiger partial charge >= 0.3 is 6.01 Å². The second kappa shape index (κ2) is 6.10. The summed E-state index contributed by atoms with van der Waals surface area (Å²) in [7, 11) is 1.75. The monoisotopic (exact) mass is 266 g/mol. The van der Waals surface area contributed by atoms with Crippen LogP contribution in [0.1, 0.15) is 11.9 Å². The van der Waals surface area contributed by atoms with Crippen LogP contribution in [0.4, 0.5) is 11.9 Å². The first-order valence-corrected chi connectivity index (χ1v) is 6.38. The summed E-state index contributed by atoms with van der Waals surface area (Å²) in [6.07, 6.45) is 1.76. The molecule has 8 heteroatoms. The molecule has 2 N–H and O–H groups in total. The van der Waals surface area contributed by atoms with Crippen molar-refractivity contribution in [2.24, 2.45) is 0 Å². The fourth-order valence-corrected chi connectivity index (χ4v) is 1.79. The summed E-state index contributed by atoms with van der Waals surface area (Å²) in [5.41, 5.74) is 0. The molecule has 18 heavy (non-hydrogen) atoms. The van der Waals surface area contributed by atoms with Crippen LogP contribution in [0.25, 0.3) is 0 Å². The third-order valence-electron chi connectivity index (χ3n) is 1.99. The molecule has 0 atom stereocenters. The lowest BCUT2D eigenvalue weighted by atomic mass is 10.6. The summed E-state index contributed by atoms with van der Waals surface area (Å²) in [4.78, 5) is 16.6. The van der Waals surface area contributed by atoms with Crippen molar-refractivity contribution < 1.29 is 4.74 Å². The molecule has 96 valence electrons. The molecule has 2 aromatic rings. The molecule has 2 heterocycles. The van der Waals surface area contributed by atoms with Crippen molar-refractivity contribution in [2.45, 2.75) is 13.5 Å². The van der Waals surface area contributed by atoms with E-state index < -0.39 is 0 Å². The van der Waals surface area contributed by atoms with Gasteiger partial charge in [0.25, 0.3) is 0 Å². The molecule has 7 nitrogen and oxygen atoms in total. The van der Waals surface area contributed by atoms with E-state index >= 15 is 0 Å². The zero-order chi connectivity index (χ0) is 12.8. The van der Waals surface area contributed by atoms with Crippen molar-refractivity contribution in [1.82, 2.24) is 19.9 Å². The summed E-state index contributed by atoms with van der Waals surface area (Å²) >= 11 is 1.57. The SMILES string of the molecule is CCOc1nc(NC)nc(NCc2nccs2)n1. The molecular formula is C10H14N6OS. The highest BCUT2D eigenvalue weighted by molar-refractivity contribution is 7.09. The molecule has 0 radical (unpaired) electrons. The number of thiazole rings is 1. The Hall–Kier alpha value is -1.96. The minimum absolute atomic E-state index is 0.304. The summed E-state index contributed by atoms with van der Waals surface area (Å²) in [6, 6.07) is 0.304. The Bertz CT molecular complexity index is 489. The average molecular weight is 266 g/mol. The lowest BCUT2D eigenvalue weighted by Gasteiger charge is -2.07. The van der Waals surface area contributed by atoms with Crippen molar-refractivity contribution in [1.29, 1.82) is 0 Å². The normalized spacial score (nSPS) is 10.1. The Kier molecular flexibility index (Phi) is 4.24. The van der Waals surface area contributed by atoms with Gasteiger partial charge in [0.2, 0.25) is 11.9 Å². The van der Waals surface area contributed by atoms with E-state index in [1.165, 1.54) is 0 Å². The number of aromatic nitrogens is 4. The fourth-order valence-electron chi connectivity index (χ4n) is 1.24. The zero-order valence-corrected chi connectivity index (χ0v) is 11.0. The number of anilines is 2. The van der Waals surface area contributed by atoms with E-state index in [2.05, 4.69) is 30.6 Å². The van der Waals surface area contributed by atoms with Crippen LogP contribution < -0.4 is 15.4 Å². The van der Waals surface area contributed by atoms with Gasteiger partial charge in [-0.25, -0.2) is 4.98 Å². The quantitative estimate of drug-likeness (QED) is 0.817. The maximum absolute atomic E-state index is 5.27. The lowest BCUT2D eigenvalue weighted by molar-refractivity contribution is 0.312. The minimum Gasteiger partial charge on any atom is -0.464 e. The molecule has 0 aromatic carbocycles. The predicted octanol–water partition coefficient (Wildman–Crippen LogP) is 1.38. The minimum atomic E-state index is 0.304. The van der Waals surface area contributed by atoms with Gasteiger partial charge in [0, 0.05) is 18.6 Å². The first kappa shape index (κ1) is 12.5. The molecule has 0 bridgehead atoms. The summed E-state index contributed by atoms with van der Waals surface area (Å²) in [6.45, 7) is 2.97. The largest absolute Gasteiger partial charge is 0.464 e. The molecule has 0 aliphatic rings. The number of nitrogens with zero attached hydrogens (tertiary/aromatic N) is 4. The second-order valence-corrected chi connectivity index (χ2v) is 4.21. The van der Waals surface area contributed by atoms with Crippen LogP contribution in [0.3, 0.4) is 0 Å². The van der Waals surface area contributed by atoms with E-state index in [1.54, 1.807) is 24.6 Å². The van der Waals surface area contributed by atoms with Crippen molar-refractivity contribution in [3.8, 4) is 6.01 Å². The van der Waals surface area contributed by atoms with Gasteiger partial charge in [-0.05, 0) is 6.92 Å². The maximum Gasteiger partial charge on any atom is 0.323 e. The lowest BCUT2D eigenvalue weighted by Crippen LogP contribution is -2.09. The molecular weight excluding hydrogens is 252 g/mol. The third-order valence-corrected chi connectivity index (χ3v) is 2.77. The van der Waals surface area contributed by atoms with Crippen LogP contribution >= 0.6 is 11.3 Å². The maximum atomic E-state index is 5.27. The first-order valence-electron chi connectivity index (χ1n) is 5.50. The van der Waals surface area contributed by atoms with Gasteiger partial charge in [0.15, 0.2) is 0 Å². The highest BCUT2D eigenvalue weighted by atomic mass is 32.1. The van der Waals surface area contributed by atoms with Crippen LogP contribution in [-0.4, -0.2) is 33.6 Å². The van der Waals surface area contributed by atoms with Gasteiger partial charge < -0.3 is 15.4 Å². The van der Waals surface area contributed by atoms with E-state index in [0.29, 0.717) is 31.1 Å². The Balaban J connectivity index is 2.08. The summed E-state index contributed by atoms with van der Waals surface area (Å²) in [5, 5.41) is 8.85. The van der Waals surface area contributed by atoms with E-state index in [0.717, 1.165) is 5.01 Å². The molecule has 0 saturated carbocycles. The molecule has 0 aliphatic heterocycles. The predicted molar refractivity (Wildman–Crippen MR) is 70.0 cm³/mol. The van der Waals surface area contributed by atoms with Gasteiger partial charge in [0.1, 0.15) is 5.01 Å². The van der Waals surface area contributed by atoms with Gasteiger partial charge in [-0.2, -0.15) is 15.0 Å². The molecule has 2 rings (SSSR count). The molecule has 0 spiro atoms. The van der Waals surface area contributed by atoms with Gasteiger partial charge in [-0.1, -0.05) is 0 Å². The van der Waals surface area contributed by atoms with Crippen molar-refractivity contribution >= 4 is 23.2 Å². The van der Waals surface area contributed by atoms with Crippen molar-refractivity contribution in [3.05, 3.63) is 16.6 Å². The number of hydrogen-bond donors (Lipinski definition) is 2. The summed E-state index contributed by atoms with van der Waals surface area (Å²) in [5.74, 6) is 0.933. The van der Waals surface area contributed by atoms with Gasteiger partial charge in [-0.3, -0.25) is 0 Å². The topological polar surface area (TPSA) is 84.9 Å². The molecule has 2 aromatic heterocycles. The first-order chi connectivity index (χ1) is 8.81. The number of ether oxygens (including phenoxy) is 1. The highest BCUT2D eigenvalue weighted by Crippen LogP contribution is 2.12. The molecule has 0 aliphatic carbocycles. The van der Waals surface area contributed by atoms with Crippen molar-refractivity contribution in [2.75, 3.05) is 24.3 Å². The Labute approximate surface area is 109 Å². The number of rotatable bonds is 6. The zero-order valence-electron chi connectivity index (χ0n) is 10.2. The number of nitrogens with one attached hydrogen (secondary N) is 2. The number of hydrogen-bond acceptors (Lipinski definition) is 8. The average Bonchev–Trinajstić information content (AvgIpc) is 2.89. The second-order valence-electron chi connectivity index (χ2n) is 3.23. The van der Waals surface area contributed by atoms with Crippen LogP contribution in [0, 0.1) is 0 Å². The van der Waals surface area contributed by atoms with Crippen molar-refractivity contribution in [3.63, 3.8) is 0 Å². The van der Waals surface area contributed by atoms with E-state index in [1.807, 2.05) is 12.3 Å². The van der Waals surface area contributed by atoms with Crippen LogP contribution in [0.2, 0.25) is 0 Å². The molecule has 0 unspecified atom stereocenters.